The first-order valence-electron chi connectivity index (χ1n) is 9.53. The summed E-state index contributed by atoms with van der Waals surface area (Å²) in [6.07, 6.45) is 0.631. The number of carbonyl (C=O) groups excluding carboxylic acids is 3. The topological polar surface area (TPSA) is 90.9 Å². The predicted octanol–water partition coefficient (Wildman–Crippen LogP) is 3.64. The molecule has 3 aromatic carbocycles. The van der Waals surface area contributed by atoms with Gasteiger partial charge in [-0.1, -0.05) is 42.5 Å². The first kappa shape index (κ1) is 21.6. The van der Waals surface area contributed by atoms with Gasteiger partial charge >= 0.3 is 5.97 Å². The van der Waals surface area contributed by atoms with Gasteiger partial charge in [-0.3, -0.25) is 9.59 Å². The minimum atomic E-state index is -0.722. The van der Waals surface area contributed by atoms with Crippen molar-refractivity contribution in [2.45, 2.75) is 6.61 Å². The fourth-order valence-corrected chi connectivity index (χ4v) is 2.61. The molecule has 3 rings (SSSR count). The average Bonchev–Trinajstić information content (AvgIpc) is 2.82. The Hall–Kier alpha value is -4.13. The summed E-state index contributed by atoms with van der Waals surface area (Å²) >= 11 is 0. The van der Waals surface area contributed by atoms with Crippen LogP contribution in [0.2, 0.25) is 0 Å². The van der Waals surface area contributed by atoms with Crippen LogP contribution in [-0.4, -0.2) is 31.4 Å². The van der Waals surface area contributed by atoms with Gasteiger partial charge in [-0.25, -0.2) is 4.79 Å². The second-order valence-electron chi connectivity index (χ2n) is 6.45. The summed E-state index contributed by atoms with van der Waals surface area (Å²) in [5, 5.41) is 2.63. The van der Waals surface area contributed by atoms with Crippen molar-refractivity contribution in [2.24, 2.45) is 0 Å². The number of hydrogen-bond donors (Lipinski definition) is 1. The van der Waals surface area contributed by atoms with Crippen molar-refractivity contribution < 1.29 is 28.6 Å². The Labute approximate surface area is 179 Å². The molecule has 158 valence electrons. The fraction of sp³-hybridized carbons (Fsp3) is 0.125. The number of amides is 1. The maximum Gasteiger partial charge on any atom is 0.344 e. The number of rotatable bonds is 10. The van der Waals surface area contributed by atoms with Crippen LogP contribution in [0.25, 0.3) is 0 Å². The number of anilines is 1. The summed E-state index contributed by atoms with van der Waals surface area (Å²) < 4.78 is 15.8. The third kappa shape index (κ3) is 7.01. The van der Waals surface area contributed by atoms with E-state index in [-0.39, 0.29) is 5.75 Å². The molecule has 0 fully saturated rings. The summed E-state index contributed by atoms with van der Waals surface area (Å²) in [6.45, 7) is -0.419. The lowest BCUT2D eigenvalue weighted by Gasteiger charge is -2.10. The van der Waals surface area contributed by atoms with Gasteiger partial charge in [-0.15, -0.1) is 0 Å². The van der Waals surface area contributed by atoms with Crippen molar-refractivity contribution in [1.82, 2.24) is 0 Å². The highest BCUT2D eigenvalue weighted by atomic mass is 16.6. The van der Waals surface area contributed by atoms with Crippen molar-refractivity contribution in [3.63, 3.8) is 0 Å². The summed E-state index contributed by atoms with van der Waals surface area (Å²) in [7, 11) is 0. The standard InChI is InChI=1S/C24H21NO6/c26-14-19-8-4-5-9-22(19)30-17-24(28)31-16-23(27)25-20-10-12-21(13-11-20)29-15-18-6-2-1-3-7-18/h1-14H,15-17H2,(H,25,27). The number of hydrogen-bond acceptors (Lipinski definition) is 6. The summed E-state index contributed by atoms with van der Waals surface area (Å²) in [4.78, 5) is 34.7. The summed E-state index contributed by atoms with van der Waals surface area (Å²) in [5.41, 5.74) is 1.92. The van der Waals surface area contributed by atoms with E-state index in [2.05, 4.69) is 5.32 Å². The number of ether oxygens (including phenoxy) is 3. The Balaban J connectivity index is 1.39. The van der Waals surface area contributed by atoms with Crippen LogP contribution >= 0.6 is 0 Å². The molecule has 3 aromatic rings. The third-order valence-corrected chi connectivity index (χ3v) is 4.14. The van der Waals surface area contributed by atoms with E-state index >= 15 is 0 Å². The fourth-order valence-electron chi connectivity index (χ4n) is 2.61. The lowest BCUT2D eigenvalue weighted by atomic mass is 10.2. The van der Waals surface area contributed by atoms with Gasteiger partial charge in [0.05, 0.1) is 5.56 Å². The number of nitrogens with one attached hydrogen (secondary N) is 1. The van der Waals surface area contributed by atoms with Gasteiger partial charge in [-0.2, -0.15) is 0 Å². The smallest absolute Gasteiger partial charge is 0.344 e. The molecule has 0 aliphatic heterocycles. The average molecular weight is 419 g/mol. The van der Waals surface area contributed by atoms with E-state index in [9.17, 15) is 14.4 Å². The maximum absolute atomic E-state index is 12.0. The zero-order chi connectivity index (χ0) is 21.9. The van der Waals surface area contributed by atoms with E-state index in [0.717, 1.165) is 5.56 Å². The van der Waals surface area contributed by atoms with Crippen LogP contribution in [0.5, 0.6) is 11.5 Å². The molecule has 0 heterocycles. The van der Waals surface area contributed by atoms with Gasteiger partial charge in [0.15, 0.2) is 19.5 Å². The van der Waals surface area contributed by atoms with E-state index in [4.69, 9.17) is 14.2 Å². The number of benzene rings is 3. The molecule has 0 aliphatic carbocycles. The van der Waals surface area contributed by atoms with Gasteiger partial charge in [0.2, 0.25) is 0 Å². The van der Waals surface area contributed by atoms with E-state index in [1.54, 1.807) is 48.5 Å². The summed E-state index contributed by atoms with van der Waals surface area (Å²) in [5.74, 6) is -0.269. The monoisotopic (exact) mass is 419 g/mol. The van der Waals surface area contributed by atoms with Crippen molar-refractivity contribution in [2.75, 3.05) is 18.5 Å². The molecule has 1 N–H and O–H groups in total. The van der Waals surface area contributed by atoms with Crippen LogP contribution in [0.4, 0.5) is 5.69 Å². The Morgan fingerprint density at radius 1 is 0.806 bits per heavy atom. The van der Waals surface area contributed by atoms with Gasteiger partial charge in [-0.05, 0) is 42.0 Å². The molecule has 7 heteroatoms. The second-order valence-corrected chi connectivity index (χ2v) is 6.45. The van der Waals surface area contributed by atoms with Crippen molar-refractivity contribution in [1.29, 1.82) is 0 Å². The third-order valence-electron chi connectivity index (χ3n) is 4.14. The maximum atomic E-state index is 12.0. The molecule has 0 bridgehead atoms. The van der Waals surface area contributed by atoms with Crippen LogP contribution in [0.3, 0.4) is 0 Å². The van der Waals surface area contributed by atoms with Crippen LogP contribution < -0.4 is 14.8 Å². The predicted molar refractivity (Wildman–Crippen MR) is 114 cm³/mol. The molecule has 0 saturated heterocycles. The summed E-state index contributed by atoms with van der Waals surface area (Å²) in [6, 6.07) is 23.1. The lowest BCUT2D eigenvalue weighted by molar-refractivity contribution is -0.149. The number of para-hydroxylation sites is 1. The van der Waals surface area contributed by atoms with E-state index < -0.39 is 25.1 Å². The molecule has 1 amide bonds. The Kier molecular flexibility index (Phi) is 7.77. The van der Waals surface area contributed by atoms with Crippen molar-refractivity contribution in [3.8, 4) is 11.5 Å². The highest BCUT2D eigenvalue weighted by Crippen LogP contribution is 2.17. The minimum absolute atomic E-state index is 0.272. The minimum Gasteiger partial charge on any atom is -0.489 e. The van der Waals surface area contributed by atoms with Gasteiger partial charge in [0, 0.05) is 5.69 Å². The Morgan fingerprint density at radius 3 is 2.26 bits per heavy atom. The number of carbonyl (C=O) groups is 3. The van der Waals surface area contributed by atoms with Crippen LogP contribution in [0.1, 0.15) is 15.9 Å². The Bertz CT molecular complexity index is 1020. The molecule has 0 aliphatic rings. The molecule has 0 unspecified atom stereocenters. The zero-order valence-corrected chi connectivity index (χ0v) is 16.7. The SMILES string of the molecule is O=Cc1ccccc1OCC(=O)OCC(=O)Nc1ccc(OCc2ccccc2)cc1. The van der Waals surface area contributed by atoms with Crippen LogP contribution in [0.15, 0.2) is 78.9 Å². The second kappa shape index (κ2) is 11.2. The van der Waals surface area contributed by atoms with E-state index in [0.29, 0.717) is 29.9 Å². The molecule has 0 radical (unpaired) electrons. The molecular weight excluding hydrogens is 398 g/mol. The molecular formula is C24H21NO6. The highest BCUT2D eigenvalue weighted by molar-refractivity contribution is 5.92. The molecule has 0 aromatic heterocycles. The molecule has 7 nitrogen and oxygen atoms in total. The quantitative estimate of drug-likeness (QED) is 0.399. The van der Waals surface area contributed by atoms with Crippen LogP contribution in [0, 0.1) is 0 Å². The van der Waals surface area contributed by atoms with Gasteiger partial charge in [0.1, 0.15) is 18.1 Å². The van der Waals surface area contributed by atoms with Gasteiger partial charge < -0.3 is 19.5 Å². The molecule has 0 spiro atoms. The number of aldehydes is 1. The van der Waals surface area contributed by atoms with E-state index in [1.165, 1.54) is 0 Å². The number of esters is 1. The lowest BCUT2D eigenvalue weighted by Crippen LogP contribution is -2.23. The largest absolute Gasteiger partial charge is 0.489 e. The van der Waals surface area contributed by atoms with Gasteiger partial charge in [0.25, 0.3) is 5.91 Å². The normalized spacial score (nSPS) is 10.1. The molecule has 0 saturated carbocycles. The van der Waals surface area contributed by atoms with E-state index in [1.807, 2.05) is 30.3 Å². The van der Waals surface area contributed by atoms with Crippen molar-refractivity contribution in [3.05, 3.63) is 90.0 Å². The molecule has 0 atom stereocenters. The Morgan fingerprint density at radius 2 is 1.52 bits per heavy atom. The highest BCUT2D eigenvalue weighted by Gasteiger charge is 2.10. The molecule has 31 heavy (non-hydrogen) atoms. The van der Waals surface area contributed by atoms with Crippen LogP contribution in [-0.2, 0) is 20.9 Å². The zero-order valence-electron chi connectivity index (χ0n) is 16.7. The first-order valence-corrected chi connectivity index (χ1v) is 9.53. The van der Waals surface area contributed by atoms with Crippen molar-refractivity contribution >= 4 is 23.9 Å². The first-order chi connectivity index (χ1) is 15.1.